The van der Waals surface area contributed by atoms with Crippen LogP contribution in [-0.4, -0.2) is 6.04 Å². The van der Waals surface area contributed by atoms with E-state index in [4.69, 9.17) is 4.42 Å². The van der Waals surface area contributed by atoms with Crippen molar-refractivity contribution < 1.29 is 13.2 Å². The third-order valence-corrected chi connectivity index (χ3v) is 2.88. The molecule has 2 nitrogen and oxygen atoms in total. The van der Waals surface area contributed by atoms with Crippen LogP contribution in [0.3, 0.4) is 0 Å². The molecule has 0 saturated carbocycles. The molecular weight excluding hydrogens is 248 g/mol. The molecule has 0 fully saturated rings. The van der Waals surface area contributed by atoms with Crippen LogP contribution in [0.15, 0.2) is 28.7 Å². The average Bonchev–Trinajstić information content (AvgIpc) is 2.80. The summed E-state index contributed by atoms with van der Waals surface area (Å²) in [7, 11) is 0. The first kappa shape index (κ1) is 13.7. The molecule has 0 atom stereocenters. The van der Waals surface area contributed by atoms with Gasteiger partial charge in [0.15, 0.2) is 0 Å². The quantitative estimate of drug-likeness (QED) is 0.902. The van der Waals surface area contributed by atoms with Crippen LogP contribution in [0.4, 0.5) is 8.78 Å². The minimum absolute atomic E-state index is 0.101. The number of aryl methyl sites for hydroxylation is 1. The monoisotopic (exact) mass is 265 g/mol. The molecule has 0 aliphatic rings. The molecule has 0 unspecified atom stereocenters. The Bertz CT molecular complexity index is 576. The summed E-state index contributed by atoms with van der Waals surface area (Å²) in [5.74, 6) is -0.304. The zero-order valence-electron chi connectivity index (χ0n) is 11.3. The van der Waals surface area contributed by atoms with E-state index in [2.05, 4.69) is 5.32 Å². The van der Waals surface area contributed by atoms with Gasteiger partial charge in [-0.05, 0) is 30.7 Å². The fourth-order valence-corrected chi connectivity index (χ4v) is 1.79. The van der Waals surface area contributed by atoms with Crippen LogP contribution in [0.25, 0.3) is 11.3 Å². The molecule has 0 bridgehead atoms. The van der Waals surface area contributed by atoms with Crippen molar-refractivity contribution in [2.75, 3.05) is 0 Å². The van der Waals surface area contributed by atoms with Crippen molar-refractivity contribution >= 4 is 0 Å². The van der Waals surface area contributed by atoms with E-state index in [1.807, 2.05) is 13.8 Å². The molecule has 1 N–H and O–H groups in total. The minimum atomic E-state index is -0.610. The van der Waals surface area contributed by atoms with Gasteiger partial charge >= 0.3 is 0 Å². The summed E-state index contributed by atoms with van der Waals surface area (Å²) in [6, 6.07) is 6.31. The predicted molar refractivity (Wildman–Crippen MR) is 70.8 cm³/mol. The highest BCUT2D eigenvalue weighted by Gasteiger charge is 2.16. The first-order chi connectivity index (χ1) is 8.99. The van der Waals surface area contributed by atoms with Crippen molar-refractivity contribution in [1.29, 1.82) is 0 Å². The summed E-state index contributed by atoms with van der Waals surface area (Å²) in [5, 5.41) is 3.19. The van der Waals surface area contributed by atoms with Crippen LogP contribution < -0.4 is 5.32 Å². The zero-order valence-corrected chi connectivity index (χ0v) is 11.3. The number of hydrogen-bond donors (Lipinski definition) is 1. The van der Waals surface area contributed by atoms with E-state index in [1.54, 1.807) is 19.1 Å². The summed E-state index contributed by atoms with van der Waals surface area (Å²) in [6.07, 6.45) is 0. The lowest BCUT2D eigenvalue weighted by Gasteiger charge is -2.06. The number of benzene rings is 1. The van der Waals surface area contributed by atoms with Crippen LogP contribution in [-0.2, 0) is 6.54 Å². The first-order valence-electron chi connectivity index (χ1n) is 6.26. The molecule has 0 aliphatic heterocycles. The molecule has 1 aromatic heterocycles. The van der Waals surface area contributed by atoms with Crippen LogP contribution in [0, 0.1) is 18.6 Å². The number of furan rings is 1. The second-order valence-corrected chi connectivity index (χ2v) is 4.85. The van der Waals surface area contributed by atoms with E-state index in [0.29, 0.717) is 23.9 Å². The van der Waals surface area contributed by atoms with Gasteiger partial charge in [0.2, 0.25) is 0 Å². The van der Waals surface area contributed by atoms with E-state index in [0.717, 1.165) is 0 Å². The fourth-order valence-electron chi connectivity index (χ4n) is 1.79. The Labute approximate surface area is 111 Å². The topological polar surface area (TPSA) is 25.2 Å². The van der Waals surface area contributed by atoms with Gasteiger partial charge in [0.1, 0.15) is 23.2 Å². The second-order valence-electron chi connectivity index (χ2n) is 4.85. The Kier molecular flexibility index (Phi) is 4.00. The molecule has 0 saturated heterocycles. The molecule has 2 rings (SSSR count). The Hall–Kier alpha value is -1.68. The number of rotatable bonds is 4. The Morgan fingerprint density at radius 3 is 2.58 bits per heavy atom. The normalized spacial score (nSPS) is 11.3. The molecule has 4 heteroatoms. The lowest BCUT2D eigenvalue weighted by atomic mass is 10.1. The van der Waals surface area contributed by atoms with Crippen molar-refractivity contribution in [3.63, 3.8) is 0 Å². The van der Waals surface area contributed by atoms with E-state index in [-0.39, 0.29) is 11.3 Å². The van der Waals surface area contributed by atoms with Crippen molar-refractivity contribution in [1.82, 2.24) is 5.32 Å². The minimum Gasteiger partial charge on any atom is -0.460 e. The summed E-state index contributed by atoms with van der Waals surface area (Å²) in [4.78, 5) is 0. The SMILES string of the molecule is Cc1ccc(F)c(-c2ccc(CNC(C)C)o2)c1F. The molecule has 0 amide bonds. The Morgan fingerprint density at radius 2 is 1.89 bits per heavy atom. The second kappa shape index (κ2) is 5.53. The van der Waals surface area contributed by atoms with Crippen molar-refractivity contribution in [2.24, 2.45) is 0 Å². The summed E-state index contributed by atoms with van der Waals surface area (Å²) in [6.45, 7) is 6.17. The predicted octanol–water partition coefficient (Wildman–Crippen LogP) is 4.03. The van der Waals surface area contributed by atoms with E-state index < -0.39 is 11.6 Å². The lowest BCUT2D eigenvalue weighted by Crippen LogP contribution is -2.21. The number of hydrogen-bond acceptors (Lipinski definition) is 2. The van der Waals surface area contributed by atoms with Crippen LogP contribution in [0.2, 0.25) is 0 Å². The molecule has 19 heavy (non-hydrogen) atoms. The molecule has 1 aromatic carbocycles. The van der Waals surface area contributed by atoms with Gasteiger partial charge in [-0.2, -0.15) is 0 Å². The maximum atomic E-state index is 14.0. The fraction of sp³-hybridized carbons (Fsp3) is 0.333. The molecule has 102 valence electrons. The summed E-state index contributed by atoms with van der Waals surface area (Å²) >= 11 is 0. The van der Waals surface area contributed by atoms with Crippen LogP contribution in [0.5, 0.6) is 0 Å². The van der Waals surface area contributed by atoms with Crippen molar-refractivity contribution in [2.45, 2.75) is 33.4 Å². The van der Waals surface area contributed by atoms with Gasteiger partial charge in [0.25, 0.3) is 0 Å². The molecule has 0 aliphatic carbocycles. The van der Waals surface area contributed by atoms with E-state index in [1.165, 1.54) is 12.1 Å². The number of nitrogens with one attached hydrogen (secondary N) is 1. The number of halogens is 2. The maximum Gasteiger partial charge on any atom is 0.140 e. The van der Waals surface area contributed by atoms with Gasteiger partial charge in [-0.3, -0.25) is 0 Å². The van der Waals surface area contributed by atoms with Crippen LogP contribution >= 0.6 is 0 Å². The molecule has 2 aromatic rings. The standard InChI is InChI=1S/C15H17F2NO/c1-9(2)18-8-11-5-7-13(19-11)14-12(16)6-4-10(3)15(14)17/h4-7,9,18H,8H2,1-3H3. The largest absolute Gasteiger partial charge is 0.460 e. The van der Waals surface area contributed by atoms with Gasteiger partial charge < -0.3 is 9.73 Å². The highest BCUT2D eigenvalue weighted by atomic mass is 19.1. The molecule has 1 heterocycles. The van der Waals surface area contributed by atoms with Gasteiger partial charge in [-0.25, -0.2) is 8.78 Å². The highest BCUT2D eigenvalue weighted by Crippen LogP contribution is 2.29. The zero-order chi connectivity index (χ0) is 14.0. The van der Waals surface area contributed by atoms with Crippen molar-refractivity contribution in [3.8, 4) is 11.3 Å². The third kappa shape index (κ3) is 3.01. The van der Waals surface area contributed by atoms with Gasteiger partial charge in [0.05, 0.1) is 12.1 Å². The van der Waals surface area contributed by atoms with Crippen molar-refractivity contribution in [3.05, 3.63) is 47.2 Å². The molecule has 0 spiro atoms. The van der Waals surface area contributed by atoms with Crippen LogP contribution in [0.1, 0.15) is 25.2 Å². The smallest absolute Gasteiger partial charge is 0.140 e. The van der Waals surface area contributed by atoms with Gasteiger partial charge in [-0.1, -0.05) is 19.9 Å². The van der Waals surface area contributed by atoms with Gasteiger partial charge in [-0.15, -0.1) is 0 Å². The van der Waals surface area contributed by atoms with E-state index in [9.17, 15) is 8.78 Å². The Morgan fingerprint density at radius 1 is 1.16 bits per heavy atom. The first-order valence-corrected chi connectivity index (χ1v) is 6.26. The maximum absolute atomic E-state index is 14.0. The molecular formula is C15H17F2NO. The van der Waals surface area contributed by atoms with E-state index >= 15 is 0 Å². The average molecular weight is 265 g/mol. The highest BCUT2D eigenvalue weighted by molar-refractivity contribution is 5.60. The lowest BCUT2D eigenvalue weighted by molar-refractivity contribution is 0.467. The summed E-state index contributed by atoms with van der Waals surface area (Å²) < 4.78 is 33.2. The summed E-state index contributed by atoms with van der Waals surface area (Å²) in [5.41, 5.74) is 0.297. The third-order valence-electron chi connectivity index (χ3n) is 2.88. The molecule has 0 radical (unpaired) electrons. The van der Waals surface area contributed by atoms with Gasteiger partial charge in [0, 0.05) is 6.04 Å². The Balaban J connectivity index is 2.30.